The minimum absolute atomic E-state index is 0.571. The van der Waals surface area contributed by atoms with Gasteiger partial charge in [-0.05, 0) is 53.2 Å². The molecule has 114 valence electrons. The number of methoxy groups -OCH3 is 1. The van der Waals surface area contributed by atoms with E-state index in [-0.39, 0.29) is 0 Å². The van der Waals surface area contributed by atoms with Crippen LogP contribution in [-0.4, -0.2) is 23.0 Å². The van der Waals surface area contributed by atoms with Gasteiger partial charge in [0.2, 0.25) is 0 Å². The molecule has 4 nitrogen and oxygen atoms in total. The standard InChI is InChI=1S/C17H18BrN3O/c1-11-9-16-20-17(12-5-3-4-6-15(12)22-2)14(7-8-19)21(16)10-13(11)18/h3-6,9-10H,7-8,19H2,1-2H3. The van der Waals surface area contributed by atoms with Gasteiger partial charge in [0.05, 0.1) is 18.5 Å². The van der Waals surface area contributed by atoms with Crippen molar-refractivity contribution in [3.05, 3.63) is 52.3 Å². The van der Waals surface area contributed by atoms with Gasteiger partial charge in [0.25, 0.3) is 0 Å². The molecule has 0 bridgehead atoms. The first-order chi connectivity index (χ1) is 10.7. The number of hydrogen-bond donors (Lipinski definition) is 1. The normalized spacial score (nSPS) is 11.1. The Morgan fingerprint density at radius 2 is 2.09 bits per heavy atom. The number of pyridine rings is 1. The van der Waals surface area contributed by atoms with E-state index in [9.17, 15) is 0 Å². The van der Waals surface area contributed by atoms with Crippen LogP contribution in [-0.2, 0) is 6.42 Å². The molecule has 1 aromatic carbocycles. The number of hydrogen-bond acceptors (Lipinski definition) is 3. The highest BCUT2D eigenvalue weighted by Gasteiger charge is 2.17. The zero-order valence-corrected chi connectivity index (χ0v) is 14.2. The third-order valence-electron chi connectivity index (χ3n) is 3.75. The van der Waals surface area contributed by atoms with Crippen molar-refractivity contribution in [2.45, 2.75) is 13.3 Å². The van der Waals surface area contributed by atoms with E-state index in [0.717, 1.165) is 44.8 Å². The van der Waals surface area contributed by atoms with Crippen molar-refractivity contribution in [1.82, 2.24) is 9.38 Å². The molecule has 0 radical (unpaired) electrons. The summed E-state index contributed by atoms with van der Waals surface area (Å²) in [7, 11) is 1.68. The van der Waals surface area contributed by atoms with Crippen molar-refractivity contribution in [2.75, 3.05) is 13.7 Å². The molecule has 22 heavy (non-hydrogen) atoms. The van der Waals surface area contributed by atoms with Crippen LogP contribution in [0.2, 0.25) is 0 Å². The summed E-state index contributed by atoms with van der Waals surface area (Å²) in [6.07, 6.45) is 2.81. The van der Waals surface area contributed by atoms with E-state index >= 15 is 0 Å². The second kappa shape index (κ2) is 6.10. The van der Waals surface area contributed by atoms with Gasteiger partial charge in [-0.1, -0.05) is 12.1 Å². The zero-order valence-electron chi connectivity index (χ0n) is 12.6. The predicted octanol–water partition coefficient (Wildman–Crippen LogP) is 3.58. The molecule has 2 heterocycles. The lowest BCUT2D eigenvalue weighted by Crippen LogP contribution is -2.06. The van der Waals surface area contributed by atoms with E-state index in [4.69, 9.17) is 15.5 Å². The van der Waals surface area contributed by atoms with Crippen molar-refractivity contribution >= 4 is 21.6 Å². The SMILES string of the molecule is COc1ccccc1-c1nc2cc(C)c(Br)cn2c1CCN. The molecule has 2 N–H and O–H groups in total. The smallest absolute Gasteiger partial charge is 0.137 e. The molecule has 5 heteroatoms. The molecular formula is C17H18BrN3O. The monoisotopic (exact) mass is 359 g/mol. The third kappa shape index (κ3) is 2.51. The average Bonchev–Trinajstić information content (AvgIpc) is 2.86. The topological polar surface area (TPSA) is 52.5 Å². The Hall–Kier alpha value is -1.85. The number of imidazole rings is 1. The number of fused-ring (bicyclic) bond motifs is 1. The summed E-state index contributed by atoms with van der Waals surface area (Å²) in [4.78, 5) is 4.82. The summed E-state index contributed by atoms with van der Waals surface area (Å²) in [5.74, 6) is 0.819. The number of benzene rings is 1. The van der Waals surface area contributed by atoms with Crippen LogP contribution in [0.25, 0.3) is 16.9 Å². The summed E-state index contributed by atoms with van der Waals surface area (Å²) < 4.78 is 8.65. The summed E-state index contributed by atoms with van der Waals surface area (Å²) in [5, 5.41) is 0. The zero-order chi connectivity index (χ0) is 15.7. The molecule has 0 amide bonds. The molecule has 0 aliphatic rings. The van der Waals surface area contributed by atoms with Gasteiger partial charge in [-0.25, -0.2) is 4.98 Å². The van der Waals surface area contributed by atoms with E-state index in [1.165, 1.54) is 0 Å². The Labute approximate surface area is 138 Å². The van der Waals surface area contributed by atoms with Crippen LogP contribution in [0.4, 0.5) is 0 Å². The first-order valence-electron chi connectivity index (χ1n) is 7.16. The van der Waals surface area contributed by atoms with Gasteiger partial charge in [-0.2, -0.15) is 0 Å². The number of nitrogens with two attached hydrogens (primary N) is 1. The summed E-state index contributed by atoms with van der Waals surface area (Å²) in [6, 6.07) is 10.0. The Balaban J connectivity index is 2.31. The van der Waals surface area contributed by atoms with Gasteiger partial charge in [0.1, 0.15) is 11.4 Å². The van der Waals surface area contributed by atoms with E-state index in [0.29, 0.717) is 6.54 Å². The molecule has 0 aliphatic carbocycles. The molecule has 0 spiro atoms. The highest BCUT2D eigenvalue weighted by atomic mass is 79.9. The quantitative estimate of drug-likeness (QED) is 0.774. The fourth-order valence-electron chi connectivity index (χ4n) is 2.64. The maximum atomic E-state index is 5.81. The molecular weight excluding hydrogens is 342 g/mol. The van der Waals surface area contributed by atoms with Crippen LogP contribution >= 0.6 is 15.9 Å². The number of para-hydroxylation sites is 1. The molecule has 0 saturated carbocycles. The molecule has 0 saturated heterocycles. The van der Waals surface area contributed by atoms with Crippen LogP contribution in [0.1, 0.15) is 11.3 Å². The molecule has 2 aromatic heterocycles. The average molecular weight is 360 g/mol. The number of aromatic nitrogens is 2. The lowest BCUT2D eigenvalue weighted by Gasteiger charge is -2.08. The molecule has 0 atom stereocenters. The fraction of sp³-hybridized carbons (Fsp3) is 0.235. The summed E-state index contributed by atoms with van der Waals surface area (Å²) >= 11 is 3.59. The maximum absolute atomic E-state index is 5.81. The molecule has 0 aliphatic heterocycles. The van der Waals surface area contributed by atoms with Crippen LogP contribution < -0.4 is 10.5 Å². The second-order valence-corrected chi connectivity index (χ2v) is 6.03. The number of rotatable bonds is 4. The van der Waals surface area contributed by atoms with E-state index in [1.807, 2.05) is 24.3 Å². The fourth-order valence-corrected chi connectivity index (χ4v) is 2.96. The van der Waals surface area contributed by atoms with Gasteiger partial charge >= 0.3 is 0 Å². The molecule has 0 unspecified atom stereocenters. The number of nitrogens with zero attached hydrogens (tertiary/aromatic N) is 2. The van der Waals surface area contributed by atoms with Crippen molar-refractivity contribution in [2.24, 2.45) is 5.73 Å². The van der Waals surface area contributed by atoms with Gasteiger partial charge in [0, 0.05) is 22.7 Å². The number of ether oxygens (including phenoxy) is 1. The van der Waals surface area contributed by atoms with Crippen molar-refractivity contribution < 1.29 is 4.74 Å². The van der Waals surface area contributed by atoms with Gasteiger partial charge in [0.15, 0.2) is 0 Å². The first-order valence-corrected chi connectivity index (χ1v) is 7.95. The highest BCUT2D eigenvalue weighted by Crippen LogP contribution is 2.33. The van der Waals surface area contributed by atoms with Gasteiger partial charge < -0.3 is 14.9 Å². The van der Waals surface area contributed by atoms with Crippen molar-refractivity contribution in [3.8, 4) is 17.0 Å². The van der Waals surface area contributed by atoms with Crippen LogP contribution in [0.3, 0.4) is 0 Å². The van der Waals surface area contributed by atoms with Crippen LogP contribution in [0, 0.1) is 6.92 Å². The highest BCUT2D eigenvalue weighted by molar-refractivity contribution is 9.10. The lowest BCUT2D eigenvalue weighted by atomic mass is 10.1. The van der Waals surface area contributed by atoms with Gasteiger partial charge in [-0.15, -0.1) is 0 Å². The minimum Gasteiger partial charge on any atom is -0.496 e. The van der Waals surface area contributed by atoms with Crippen molar-refractivity contribution in [1.29, 1.82) is 0 Å². The summed E-state index contributed by atoms with van der Waals surface area (Å²) in [6.45, 7) is 2.63. The molecule has 3 rings (SSSR count). The van der Waals surface area contributed by atoms with E-state index in [1.54, 1.807) is 7.11 Å². The third-order valence-corrected chi connectivity index (χ3v) is 4.58. The van der Waals surface area contributed by atoms with Gasteiger partial charge in [-0.3, -0.25) is 0 Å². The van der Waals surface area contributed by atoms with E-state index < -0.39 is 0 Å². The molecule has 0 fully saturated rings. The Morgan fingerprint density at radius 1 is 1.32 bits per heavy atom. The first kappa shape index (κ1) is 15.1. The predicted molar refractivity (Wildman–Crippen MR) is 92.4 cm³/mol. The van der Waals surface area contributed by atoms with E-state index in [2.05, 4.69) is 39.5 Å². The Kier molecular flexibility index (Phi) is 4.18. The van der Waals surface area contributed by atoms with Crippen molar-refractivity contribution in [3.63, 3.8) is 0 Å². The minimum atomic E-state index is 0.571. The Bertz CT molecular complexity index is 826. The van der Waals surface area contributed by atoms with Crippen LogP contribution in [0.5, 0.6) is 5.75 Å². The lowest BCUT2D eigenvalue weighted by molar-refractivity contribution is 0.416. The molecule has 3 aromatic rings. The largest absolute Gasteiger partial charge is 0.496 e. The van der Waals surface area contributed by atoms with Crippen LogP contribution in [0.15, 0.2) is 41.0 Å². The number of halogens is 1. The maximum Gasteiger partial charge on any atom is 0.137 e. The summed E-state index contributed by atoms with van der Waals surface area (Å²) in [5.41, 5.74) is 10.9. The Morgan fingerprint density at radius 3 is 2.82 bits per heavy atom. The second-order valence-electron chi connectivity index (χ2n) is 5.18. The number of aryl methyl sites for hydroxylation is 1.